The fourth-order valence-corrected chi connectivity index (χ4v) is 2.03. The molecular weight excluding hydrogens is 176 g/mol. The minimum Gasteiger partial charge on any atom is -0.354 e. The minimum atomic E-state index is -0.304. The number of rotatable bonds is 5. The first-order valence-electron chi connectivity index (χ1n) is 5.77. The molecule has 14 heavy (non-hydrogen) atoms. The van der Waals surface area contributed by atoms with Crippen molar-refractivity contribution in [2.45, 2.75) is 51.5 Å². The Balaban J connectivity index is 2.13. The summed E-state index contributed by atoms with van der Waals surface area (Å²) in [5, 5.41) is 2.95. The number of hydrogen-bond donors (Lipinski definition) is 2. The zero-order valence-electron chi connectivity index (χ0n) is 9.09. The highest BCUT2D eigenvalue weighted by Crippen LogP contribution is 2.23. The number of carbonyl (C=O) groups excluding carboxylic acids is 1. The number of nitrogens with one attached hydrogen (secondary N) is 1. The van der Waals surface area contributed by atoms with E-state index in [9.17, 15) is 4.79 Å². The average molecular weight is 198 g/mol. The Morgan fingerprint density at radius 1 is 1.50 bits per heavy atom. The predicted molar refractivity (Wildman–Crippen MR) is 57.9 cm³/mol. The number of nitrogens with two attached hydrogens (primary N) is 1. The SMILES string of the molecule is CCCC(N)C(=O)NCC1CCCC1. The molecule has 82 valence electrons. The van der Waals surface area contributed by atoms with Crippen LogP contribution >= 0.6 is 0 Å². The highest BCUT2D eigenvalue weighted by molar-refractivity contribution is 5.81. The van der Waals surface area contributed by atoms with Crippen LogP contribution in [0.4, 0.5) is 0 Å². The summed E-state index contributed by atoms with van der Waals surface area (Å²) in [5.41, 5.74) is 5.70. The molecular formula is C11H22N2O. The van der Waals surface area contributed by atoms with Crippen LogP contribution < -0.4 is 11.1 Å². The van der Waals surface area contributed by atoms with Gasteiger partial charge >= 0.3 is 0 Å². The van der Waals surface area contributed by atoms with Gasteiger partial charge in [-0.15, -0.1) is 0 Å². The Morgan fingerprint density at radius 2 is 2.14 bits per heavy atom. The van der Waals surface area contributed by atoms with E-state index in [1.807, 2.05) is 6.92 Å². The first kappa shape index (κ1) is 11.5. The summed E-state index contributed by atoms with van der Waals surface area (Å²) in [4.78, 5) is 11.5. The van der Waals surface area contributed by atoms with Crippen molar-refractivity contribution in [2.75, 3.05) is 6.54 Å². The normalized spacial score (nSPS) is 19.6. The van der Waals surface area contributed by atoms with E-state index in [0.29, 0.717) is 5.92 Å². The maximum Gasteiger partial charge on any atom is 0.236 e. The summed E-state index contributed by atoms with van der Waals surface area (Å²) in [6, 6.07) is -0.304. The zero-order valence-corrected chi connectivity index (χ0v) is 9.09. The van der Waals surface area contributed by atoms with E-state index in [0.717, 1.165) is 19.4 Å². The molecule has 3 heteroatoms. The van der Waals surface area contributed by atoms with Crippen molar-refractivity contribution in [3.63, 3.8) is 0 Å². The summed E-state index contributed by atoms with van der Waals surface area (Å²) in [7, 11) is 0. The van der Waals surface area contributed by atoms with Crippen LogP contribution in [0.1, 0.15) is 45.4 Å². The van der Waals surface area contributed by atoms with Crippen LogP contribution in [0.5, 0.6) is 0 Å². The van der Waals surface area contributed by atoms with Crippen LogP contribution in [-0.2, 0) is 4.79 Å². The van der Waals surface area contributed by atoms with Gasteiger partial charge in [-0.05, 0) is 25.2 Å². The second-order valence-corrected chi connectivity index (χ2v) is 4.29. The van der Waals surface area contributed by atoms with Gasteiger partial charge in [0.15, 0.2) is 0 Å². The molecule has 1 aliphatic carbocycles. The smallest absolute Gasteiger partial charge is 0.236 e. The summed E-state index contributed by atoms with van der Waals surface area (Å²) in [6.45, 7) is 2.88. The highest BCUT2D eigenvalue weighted by Gasteiger charge is 2.17. The van der Waals surface area contributed by atoms with Crippen molar-refractivity contribution in [1.82, 2.24) is 5.32 Å². The number of carbonyl (C=O) groups is 1. The lowest BCUT2D eigenvalue weighted by Gasteiger charge is -2.14. The molecule has 1 amide bonds. The monoisotopic (exact) mass is 198 g/mol. The van der Waals surface area contributed by atoms with Crippen molar-refractivity contribution in [2.24, 2.45) is 11.7 Å². The maximum absolute atomic E-state index is 11.5. The van der Waals surface area contributed by atoms with E-state index < -0.39 is 0 Å². The van der Waals surface area contributed by atoms with Crippen LogP contribution in [0, 0.1) is 5.92 Å². The molecule has 0 radical (unpaired) electrons. The molecule has 3 nitrogen and oxygen atoms in total. The van der Waals surface area contributed by atoms with Gasteiger partial charge in [0.1, 0.15) is 0 Å². The molecule has 1 rings (SSSR count). The van der Waals surface area contributed by atoms with E-state index in [1.54, 1.807) is 0 Å². The van der Waals surface area contributed by atoms with Crippen LogP contribution in [0.25, 0.3) is 0 Å². The third-order valence-electron chi connectivity index (χ3n) is 2.98. The standard InChI is InChI=1S/C11H22N2O/c1-2-5-10(12)11(14)13-8-9-6-3-4-7-9/h9-10H,2-8,12H2,1H3,(H,13,14). The van der Waals surface area contributed by atoms with Gasteiger partial charge in [-0.3, -0.25) is 4.79 Å². The van der Waals surface area contributed by atoms with E-state index in [1.165, 1.54) is 25.7 Å². The Labute approximate surface area is 86.4 Å². The molecule has 1 saturated carbocycles. The molecule has 1 aliphatic rings. The molecule has 0 heterocycles. The lowest BCUT2D eigenvalue weighted by atomic mass is 10.1. The number of hydrogen-bond acceptors (Lipinski definition) is 2. The van der Waals surface area contributed by atoms with Crippen molar-refractivity contribution >= 4 is 5.91 Å². The molecule has 0 aromatic rings. The van der Waals surface area contributed by atoms with Crippen LogP contribution in [0.3, 0.4) is 0 Å². The van der Waals surface area contributed by atoms with Gasteiger partial charge in [-0.25, -0.2) is 0 Å². The van der Waals surface area contributed by atoms with Gasteiger partial charge in [0.2, 0.25) is 5.91 Å². The zero-order chi connectivity index (χ0) is 10.4. The largest absolute Gasteiger partial charge is 0.354 e. The molecule has 1 unspecified atom stereocenters. The summed E-state index contributed by atoms with van der Waals surface area (Å²) in [5.74, 6) is 0.728. The third-order valence-corrected chi connectivity index (χ3v) is 2.98. The first-order valence-corrected chi connectivity index (χ1v) is 5.77. The topological polar surface area (TPSA) is 55.1 Å². The predicted octanol–water partition coefficient (Wildman–Crippen LogP) is 1.42. The van der Waals surface area contributed by atoms with Gasteiger partial charge in [0, 0.05) is 6.54 Å². The van der Waals surface area contributed by atoms with Gasteiger partial charge in [-0.2, -0.15) is 0 Å². The minimum absolute atomic E-state index is 0.0266. The molecule has 0 aromatic heterocycles. The quantitative estimate of drug-likeness (QED) is 0.702. The molecule has 0 saturated heterocycles. The van der Waals surface area contributed by atoms with E-state index in [2.05, 4.69) is 5.32 Å². The Hall–Kier alpha value is -0.570. The van der Waals surface area contributed by atoms with Gasteiger partial charge in [0.25, 0.3) is 0 Å². The van der Waals surface area contributed by atoms with Crippen LogP contribution in [-0.4, -0.2) is 18.5 Å². The Morgan fingerprint density at radius 3 is 2.71 bits per heavy atom. The maximum atomic E-state index is 11.5. The number of amides is 1. The van der Waals surface area contributed by atoms with Gasteiger partial charge < -0.3 is 11.1 Å². The Bertz CT molecular complexity index is 176. The van der Waals surface area contributed by atoms with Gasteiger partial charge in [-0.1, -0.05) is 26.2 Å². The second-order valence-electron chi connectivity index (χ2n) is 4.29. The van der Waals surface area contributed by atoms with Crippen LogP contribution in [0.15, 0.2) is 0 Å². The van der Waals surface area contributed by atoms with E-state index in [-0.39, 0.29) is 11.9 Å². The second kappa shape index (κ2) is 6.02. The lowest BCUT2D eigenvalue weighted by Crippen LogP contribution is -2.42. The molecule has 0 bridgehead atoms. The molecule has 1 atom stereocenters. The van der Waals surface area contributed by atoms with E-state index in [4.69, 9.17) is 5.73 Å². The van der Waals surface area contributed by atoms with Crippen molar-refractivity contribution in [3.8, 4) is 0 Å². The summed E-state index contributed by atoms with van der Waals surface area (Å²) in [6.07, 6.45) is 6.93. The Kier molecular flexibility index (Phi) is 4.94. The van der Waals surface area contributed by atoms with Crippen molar-refractivity contribution in [3.05, 3.63) is 0 Å². The highest BCUT2D eigenvalue weighted by atomic mass is 16.2. The molecule has 3 N–H and O–H groups in total. The molecule has 1 fully saturated rings. The van der Waals surface area contributed by atoms with E-state index >= 15 is 0 Å². The van der Waals surface area contributed by atoms with Crippen molar-refractivity contribution < 1.29 is 4.79 Å². The third kappa shape index (κ3) is 3.66. The van der Waals surface area contributed by atoms with Gasteiger partial charge in [0.05, 0.1) is 6.04 Å². The summed E-state index contributed by atoms with van der Waals surface area (Å²) >= 11 is 0. The van der Waals surface area contributed by atoms with Crippen LogP contribution in [0.2, 0.25) is 0 Å². The molecule has 0 aromatic carbocycles. The molecule has 0 aliphatic heterocycles. The average Bonchev–Trinajstić information content (AvgIpc) is 2.67. The first-order chi connectivity index (χ1) is 6.74. The van der Waals surface area contributed by atoms with Crippen molar-refractivity contribution in [1.29, 1.82) is 0 Å². The molecule has 0 spiro atoms. The lowest BCUT2D eigenvalue weighted by molar-refractivity contribution is -0.122. The fourth-order valence-electron chi connectivity index (χ4n) is 2.03. The fraction of sp³-hybridized carbons (Fsp3) is 0.909. The summed E-state index contributed by atoms with van der Waals surface area (Å²) < 4.78 is 0.